The van der Waals surface area contributed by atoms with Crippen molar-refractivity contribution >= 4 is 51.8 Å². The van der Waals surface area contributed by atoms with Gasteiger partial charge in [0.1, 0.15) is 11.4 Å². The van der Waals surface area contributed by atoms with Crippen molar-refractivity contribution in [2.24, 2.45) is 0 Å². The fourth-order valence-corrected chi connectivity index (χ4v) is 4.75. The molecule has 0 aliphatic carbocycles. The van der Waals surface area contributed by atoms with Crippen LogP contribution in [-0.4, -0.2) is 15.0 Å². The van der Waals surface area contributed by atoms with E-state index in [1.807, 2.05) is 18.2 Å². The molecule has 1 atom stereocenters. The molecule has 2 aromatic heterocycles. The molecule has 2 heterocycles. The summed E-state index contributed by atoms with van der Waals surface area (Å²) in [5.74, 6) is -0.866. The van der Waals surface area contributed by atoms with Gasteiger partial charge in [0.15, 0.2) is 0 Å². The van der Waals surface area contributed by atoms with E-state index in [0.29, 0.717) is 32.8 Å². The van der Waals surface area contributed by atoms with Crippen LogP contribution in [-0.2, 0) is 18.1 Å². The predicted molar refractivity (Wildman–Crippen MR) is 141 cm³/mol. The number of fused-ring (bicyclic) bond motifs is 1. The summed E-state index contributed by atoms with van der Waals surface area (Å²) in [4.78, 5) is 12.0. The minimum absolute atomic E-state index is 0.0139. The standard InChI is InChI=1S/C27H17Cl3F4N4/c28-18-6-7-24(35-14-18)26(13-15-4-2-1-3-5-15,16-8-17(27(32,33)34)10-19(31)9-16)38-25-36-22-11-20(29)21(30)12-23(22)37-25/h1-12,14H,13H2,(H2,36,37,38). The van der Waals surface area contributed by atoms with Crippen LogP contribution < -0.4 is 5.32 Å². The highest BCUT2D eigenvalue weighted by Gasteiger charge is 2.40. The molecule has 0 fully saturated rings. The Kier molecular flexibility index (Phi) is 6.98. The van der Waals surface area contributed by atoms with Gasteiger partial charge in [-0.05, 0) is 53.6 Å². The number of benzene rings is 3. The number of nitrogens with zero attached hydrogens (tertiary/aromatic N) is 2. The van der Waals surface area contributed by atoms with Gasteiger partial charge in [0, 0.05) is 12.6 Å². The third-order valence-corrected chi connectivity index (χ3v) is 7.00. The second kappa shape index (κ2) is 10.1. The Labute approximate surface area is 229 Å². The lowest BCUT2D eigenvalue weighted by atomic mass is 9.80. The number of alkyl halides is 3. The molecule has 2 N–H and O–H groups in total. The highest BCUT2D eigenvalue weighted by Crippen LogP contribution is 2.40. The second-order valence-electron chi connectivity index (χ2n) is 8.65. The Hall–Kier alpha value is -3.33. The van der Waals surface area contributed by atoms with Gasteiger partial charge >= 0.3 is 6.18 Å². The molecule has 1 unspecified atom stereocenters. The molecular formula is C27H17Cl3F4N4. The summed E-state index contributed by atoms with van der Waals surface area (Å²) in [6.45, 7) is 0. The van der Waals surface area contributed by atoms with Crippen molar-refractivity contribution in [3.8, 4) is 0 Å². The number of H-pyrrole nitrogens is 1. The number of aromatic nitrogens is 3. The van der Waals surface area contributed by atoms with Crippen LogP contribution in [0.2, 0.25) is 15.1 Å². The van der Waals surface area contributed by atoms with Gasteiger partial charge in [-0.1, -0.05) is 65.1 Å². The Bertz CT molecular complexity index is 1570. The van der Waals surface area contributed by atoms with Gasteiger partial charge in [0.05, 0.1) is 37.4 Å². The molecule has 38 heavy (non-hydrogen) atoms. The Balaban J connectivity index is 1.78. The zero-order chi connectivity index (χ0) is 27.1. The first-order valence-electron chi connectivity index (χ1n) is 11.2. The van der Waals surface area contributed by atoms with Crippen molar-refractivity contribution in [2.45, 2.75) is 18.1 Å². The van der Waals surface area contributed by atoms with E-state index < -0.39 is 23.1 Å². The van der Waals surface area contributed by atoms with E-state index in [4.69, 9.17) is 34.8 Å². The molecular weight excluding hydrogens is 563 g/mol. The molecule has 5 rings (SSSR count). The highest BCUT2D eigenvalue weighted by atomic mass is 35.5. The summed E-state index contributed by atoms with van der Waals surface area (Å²) >= 11 is 18.4. The largest absolute Gasteiger partial charge is 0.416 e. The molecule has 0 saturated heterocycles. The third-order valence-electron chi connectivity index (χ3n) is 6.05. The zero-order valence-corrected chi connectivity index (χ0v) is 21.5. The summed E-state index contributed by atoms with van der Waals surface area (Å²) in [7, 11) is 0. The molecule has 3 aromatic carbocycles. The van der Waals surface area contributed by atoms with Crippen LogP contribution >= 0.6 is 34.8 Å². The molecule has 0 saturated carbocycles. The topological polar surface area (TPSA) is 53.6 Å². The molecule has 0 bridgehead atoms. The number of hydrogen-bond donors (Lipinski definition) is 2. The molecule has 0 radical (unpaired) electrons. The first-order valence-corrected chi connectivity index (χ1v) is 12.3. The number of imidazole rings is 1. The van der Waals surface area contributed by atoms with E-state index in [9.17, 15) is 17.6 Å². The Morgan fingerprint density at radius 3 is 2.24 bits per heavy atom. The van der Waals surface area contributed by atoms with Crippen molar-refractivity contribution in [1.29, 1.82) is 0 Å². The van der Waals surface area contributed by atoms with E-state index >= 15 is 0 Å². The maximum atomic E-state index is 14.8. The van der Waals surface area contributed by atoms with E-state index in [2.05, 4.69) is 20.3 Å². The first kappa shape index (κ1) is 26.3. The number of hydrogen-bond acceptors (Lipinski definition) is 3. The van der Waals surface area contributed by atoms with Crippen LogP contribution in [0.25, 0.3) is 11.0 Å². The van der Waals surface area contributed by atoms with E-state index in [1.165, 1.54) is 6.20 Å². The third kappa shape index (κ3) is 5.29. The van der Waals surface area contributed by atoms with Crippen molar-refractivity contribution in [1.82, 2.24) is 15.0 Å². The van der Waals surface area contributed by atoms with E-state index in [1.54, 1.807) is 36.4 Å². The number of halogens is 7. The fourth-order valence-electron chi connectivity index (χ4n) is 4.32. The number of pyridine rings is 1. The lowest BCUT2D eigenvalue weighted by Gasteiger charge is -2.35. The Morgan fingerprint density at radius 1 is 0.842 bits per heavy atom. The first-order chi connectivity index (χ1) is 18.0. The highest BCUT2D eigenvalue weighted by molar-refractivity contribution is 6.42. The van der Waals surface area contributed by atoms with Gasteiger partial charge in [-0.2, -0.15) is 13.2 Å². The van der Waals surface area contributed by atoms with Crippen LogP contribution in [0.5, 0.6) is 0 Å². The summed E-state index contributed by atoms with van der Waals surface area (Å²) < 4.78 is 56.2. The van der Waals surface area contributed by atoms with Crippen molar-refractivity contribution < 1.29 is 17.6 Å². The van der Waals surface area contributed by atoms with Gasteiger partial charge in [-0.25, -0.2) is 9.37 Å². The lowest BCUT2D eigenvalue weighted by molar-refractivity contribution is -0.137. The molecule has 0 amide bonds. The maximum absolute atomic E-state index is 14.8. The summed E-state index contributed by atoms with van der Waals surface area (Å²) in [6, 6.07) is 17.7. The van der Waals surface area contributed by atoms with Crippen LogP contribution in [0, 0.1) is 5.82 Å². The van der Waals surface area contributed by atoms with Gasteiger partial charge in [-0.15, -0.1) is 0 Å². The van der Waals surface area contributed by atoms with Gasteiger partial charge in [0.25, 0.3) is 0 Å². The molecule has 4 nitrogen and oxygen atoms in total. The van der Waals surface area contributed by atoms with Gasteiger partial charge in [-0.3, -0.25) is 4.98 Å². The average molecular weight is 580 g/mol. The second-order valence-corrected chi connectivity index (χ2v) is 9.90. The molecule has 194 valence electrons. The Morgan fingerprint density at radius 2 is 1.55 bits per heavy atom. The lowest BCUT2D eigenvalue weighted by Crippen LogP contribution is -2.40. The monoisotopic (exact) mass is 578 g/mol. The van der Waals surface area contributed by atoms with Crippen LogP contribution in [0.15, 0.2) is 79.0 Å². The number of aromatic amines is 1. The van der Waals surface area contributed by atoms with Gasteiger partial charge in [0.2, 0.25) is 5.95 Å². The summed E-state index contributed by atoms with van der Waals surface area (Å²) in [6.07, 6.45) is -3.32. The minimum atomic E-state index is -4.78. The van der Waals surface area contributed by atoms with Crippen molar-refractivity contribution in [3.63, 3.8) is 0 Å². The predicted octanol–water partition coefficient (Wildman–Crippen LogP) is 8.67. The fraction of sp³-hybridized carbons (Fsp3) is 0.111. The van der Waals surface area contributed by atoms with Crippen LogP contribution in [0.3, 0.4) is 0 Å². The zero-order valence-electron chi connectivity index (χ0n) is 19.3. The molecule has 0 aliphatic heterocycles. The van der Waals surface area contributed by atoms with Crippen molar-refractivity contribution in [3.05, 3.63) is 122 Å². The summed E-state index contributed by atoms with van der Waals surface area (Å²) in [5.41, 5.74) is -0.624. The summed E-state index contributed by atoms with van der Waals surface area (Å²) in [5, 5.41) is 4.14. The molecule has 11 heteroatoms. The molecule has 0 spiro atoms. The smallest absolute Gasteiger partial charge is 0.340 e. The molecule has 0 aliphatic rings. The average Bonchev–Trinajstić information content (AvgIpc) is 3.24. The van der Waals surface area contributed by atoms with Crippen molar-refractivity contribution in [2.75, 3.05) is 5.32 Å². The SMILES string of the molecule is Fc1cc(C(F)(F)F)cc(C(Cc2ccccc2)(Nc2nc3cc(Cl)c(Cl)cc3[nH]2)c2ccc(Cl)cn2)c1. The number of nitrogens with one attached hydrogen (secondary N) is 2. The number of anilines is 1. The quantitative estimate of drug-likeness (QED) is 0.198. The number of rotatable bonds is 6. The van der Waals surface area contributed by atoms with Gasteiger partial charge < -0.3 is 10.3 Å². The minimum Gasteiger partial charge on any atom is -0.340 e. The van der Waals surface area contributed by atoms with E-state index in [0.717, 1.165) is 17.7 Å². The maximum Gasteiger partial charge on any atom is 0.416 e. The van der Waals surface area contributed by atoms with Crippen LogP contribution in [0.4, 0.5) is 23.5 Å². The normalized spacial score (nSPS) is 13.4. The van der Waals surface area contributed by atoms with Crippen LogP contribution in [0.1, 0.15) is 22.4 Å². The van der Waals surface area contributed by atoms with E-state index in [-0.39, 0.29) is 23.0 Å². The molecule has 5 aromatic rings.